The monoisotopic (exact) mass is 303 g/mol. The van der Waals surface area contributed by atoms with E-state index in [9.17, 15) is 4.79 Å². The third-order valence-electron chi connectivity index (χ3n) is 3.41. The minimum absolute atomic E-state index is 0.285. The van der Waals surface area contributed by atoms with Gasteiger partial charge in [0.15, 0.2) is 0 Å². The highest BCUT2D eigenvalue weighted by Crippen LogP contribution is 2.25. The Labute approximate surface area is 127 Å². The lowest BCUT2D eigenvalue weighted by molar-refractivity contribution is 0.0915. The Bertz CT molecular complexity index is 627. The minimum atomic E-state index is -0.285. The lowest BCUT2D eigenvalue weighted by Crippen LogP contribution is -2.36. The molecule has 5 nitrogen and oxygen atoms in total. The van der Waals surface area contributed by atoms with E-state index >= 15 is 0 Å². The molecule has 0 unspecified atom stereocenters. The Morgan fingerprint density at radius 1 is 1.38 bits per heavy atom. The molecule has 2 heterocycles. The van der Waals surface area contributed by atoms with Crippen LogP contribution in [-0.2, 0) is 30.9 Å². The molecule has 1 aromatic carbocycles. The highest BCUT2D eigenvalue weighted by molar-refractivity contribution is 7.11. The normalized spacial score (nSPS) is 13.9. The van der Waals surface area contributed by atoms with Crippen molar-refractivity contribution in [1.29, 1.82) is 0 Å². The number of benzene rings is 1. The molecule has 0 spiro atoms. The third kappa shape index (κ3) is 3.22. The van der Waals surface area contributed by atoms with Gasteiger partial charge < -0.3 is 15.4 Å². The molecule has 2 aromatic rings. The molecule has 21 heavy (non-hydrogen) atoms. The summed E-state index contributed by atoms with van der Waals surface area (Å²) in [5, 5.41) is 0.930. The summed E-state index contributed by atoms with van der Waals surface area (Å²) in [4.78, 5) is 19.5. The van der Waals surface area contributed by atoms with Crippen LogP contribution in [0.25, 0.3) is 0 Å². The van der Waals surface area contributed by atoms with E-state index in [1.165, 1.54) is 4.88 Å². The fourth-order valence-electron chi connectivity index (χ4n) is 2.31. The number of ether oxygens (including phenoxy) is 1. The molecule has 0 fully saturated rings. The smallest absolute Gasteiger partial charge is 0.410 e. The molecule has 0 saturated carbocycles. The Morgan fingerprint density at radius 2 is 2.19 bits per heavy atom. The van der Waals surface area contributed by atoms with Crippen molar-refractivity contribution in [3.8, 4) is 0 Å². The summed E-state index contributed by atoms with van der Waals surface area (Å²) < 4.78 is 5.35. The third-order valence-corrected chi connectivity index (χ3v) is 4.59. The van der Waals surface area contributed by atoms with Crippen LogP contribution in [-0.4, -0.2) is 22.5 Å². The number of thiazole rings is 1. The van der Waals surface area contributed by atoms with Crippen LogP contribution in [0.5, 0.6) is 0 Å². The van der Waals surface area contributed by atoms with E-state index < -0.39 is 0 Å². The Balaban J connectivity index is 1.59. The summed E-state index contributed by atoms with van der Waals surface area (Å²) >= 11 is 1.64. The van der Waals surface area contributed by atoms with Gasteiger partial charge in [-0.25, -0.2) is 9.78 Å². The molecular weight excluding hydrogens is 286 g/mol. The first kappa shape index (κ1) is 14.0. The lowest BCUT2D eigenvalue weighted by Gasteiger charge is -2.25. The first-order valence-corrected chi connectivity index (χ1v) is 7.71. The molecule has 2 N–H and O–H groups in total. The molecule has 1 aromatic heterocycles. The van der Waals surface area contributed by atoms with E-state index in [0.717, 1.165) is 22.7 Å². The number of aromatic nitrogens is 1. The van der Waals surface area contributed by atoms with Gasteiger partial charge in [0.25, 0.3) is 0 Å². The quantitative estimate of drug-likeness (QED) is 0.944. The van der Waals surface area contributed by atoms with Gasteiger partial charge in [-0.3, -0.25) is 0 Å². The zero-order valence-electron chi connectivity index (χ0n) is 11.6. The van der Waals surface area contributed by atoms with Gasteiger partial charge in [-0.15, -0.1) is 11.3 Å². The van der Waals surface area contributed by atoms with Gasteiger partial charge in [-0.2, -0.15) is 0 Å². The predicted molar refractivity (Wildman–Crippen MR) is 80.7 cm³/mol. The highest BCUT2D eigenvalue weighted by Gasteiger charge is 2.24. The van der Waals surface area contributed by atoms with E-state index in [4.69, 9.17) is 10.5 Å². The molecule has 1 aliphatic rings. The molecule has 1 aliphatic heterocycles. The molecule has 3 rings (SSSR count). The largest absolute Gasteiger partial charge is 0.445 e. The van der Waals surface area contributed by atoms with Crippen molar-refractivity contribution < 1.29 is 9.53 Å². The van der Waals surface area contributed by atoms with Crippen molar-refractivity contribution in [2.24, 2.45) is 5.73 Å². The summed E-state index contributed by atoms with van der Waals surface area (Å²) in [5.74, 6) is 0. The second kappa shape index (κ2) is 6.24. The van der Waals surface area contributed by atoms with E-state index in [2.05, 4.69) is 4.98 Å². The number of fused-ring (bicyclic) bond motifs is 1. The zero-order valence-corrected chi connectivity index (χ0v) is 12.4. The molecule has 0 saturated heterocycles. The van der Waals surface area contributed by atoms with Gasteiger partial charge in [0.2, 0.25) is 0 Å². The number of rotatable bonds is 3. The Morgan fingerprint density at radius 3 is 2.95 bits per heavy atom. The molecule has 0 radical (unpaired) electrons. The van der Waals surface area contributed by atoms with Gasteiger partial charge in [0, 0.05) is 24.4 Å². The lowest BCUT2D eigenvalue weighted by atomic mass is 10.2. The fraction of sp³-hybridized carbons (Fsp3) is 0.333. The molecular formula is C15H17N3O2S. The second-order valence-corrected chi connectivity index (χ2v) is 6.06. The van der Waals surface area contributed by atoms with Gasteiger partial charge in [0.05, 0.1) is 12.2 Å². The van der Waals surface area contributed by atoms with E-state index in [0.29, 0.717) is 26.2 Å². The summed E-state index contributed by atoms with van der Waals surface area (Å²) in [6, 6.07) is 9.68. The van der Waals surface area contributed by atoms with Crippen LogP contribution in [0.4, 0.5) is 4.79 Å². The minimum Gasteiger partial charge on any atom is -0.445 e. The number of carbonyl (C=O) groups excluding carboxylic acids is 1. The second-order valence-electron chi connectivity index (χ2n) is 4.89. The number of carbonyl (C=O) groups is 1. The van der Waals surface area contributed by atoms with Crippen molar-refractivity contribution in [2.75, 3.05) is 6.54 Å². The number of nitrogens with two attached hydrogens (primary N) is 1. The fourth-order valence-corrected chi connectivity index (χ4v) is 3.25. The summed E-state index contributed by atoms with van der Waals surface area (Å²) in [6.07, 6.45) is 0.541. The van der Waals surface area contributed by atoms with Crippen molar-refractivity contribution in [3.05, 3.63) is 51.5 Å². The van der Waals surface area contributed by atoms with Gasteiger partial charge >= 0.3 is 6.09 Å². The predicted octanol–water partition coefficient (Wildman–Crippen LogP) is 2.30. The maximum absolute atomic E-state index is 12.1. The molecule has 0 bridgehead atoms. The molecule has 110 valence electrons. The van der Waals surface area contributed by atoms with E-state index in [-0.39, 0.29) is 6.09 Å². The van der Waals surface area contributed by atoms with Crippen molar-refractivity contribution >= 4 is 17.4 Å². The van der Waals surface area contributed by atoms with Crippen LogP contribution < -0.4 is 5.73 Å². The van der Waals surface area contributed by atoms with Crippen LogP contribution in [0, 0.1) is 0 Å². The van der Waals surface area contributed by atoms with Crippen LogP contribution in [0.15, 0.2) is 30.3 Å². The number of nitrogens with zero attached hydrogens (tertiary/aromatic N) is 2. The molecule has 0 atom stereocenters. The first-order chi connectivity index (χ1) is 10.3. The van der Waals surface area contributed by atoms with Crippen LogP contribution >= 0.6 is 11.3 Å². The topological polar surface area (TPSA) is 68.5 Å². The standard InChI is InChI=1S/C15H17N3O2S/c16-8-14-17-12-9-18(7-6-13(12)21-14)15(19)20-10-11-4-2-1-3-5-11/h1-5H,6-10,16H2. The Hall–Kier alpha value is -1.92. The number of hydrogen-bond acceptors (Lipinski definition) is 5. The molecule has 1 amide bonds. The Kier molecular flexibility index (Phi) is 4.17. The zero-order chi connectivity index (χ0) is 14.7. The SMILES string of the molecule is NCc1nc2c(s1)CCN(C(=O)OCc1ccccc1)C2. The van der Waals surface area contributed by atoms with Gasteiger partial charge in [-0.05, 0) is 5.56 Å². The maximum Gasteiger partial charge on any atom is 0.410 e. The first-order valence-electron chi connectivity index (χ1n) is 6.89. The van der Waals surface area contributed by atoms with E-state index in [1.807, 2.05) is 30.3 Å². The average molecular weight is 303 g/mol. The van der Waals surface area contributed by atoms with Gasteiger partial charge in [0.1, 0.15) is 11.6 Å². The molecule has 0 aliphatic carbocycles. The number of hydrogen-bond donors (Lipinski definition) is 1. The van der Waals surface area contributed by atoms with E-state index in [1.54, 1.807) is 16.2 Å². The maximum atomic E-state index is 12.1. The van der Waals surface area contributed by atoms with Crippen LogP contribution in [0.2, 0.25) is 0 Å². The van der Waals surface area contributed by atoms with Crippen molar-refractivity contribution in [1.82, 2.24) is 9.88 Å². The van der Waals surface area contributed by atoms with Crippen LogP contribution in [0.3, 0.4) is 0 Å². The van der Waals surface area contributed by atoms with Crippen LogP contribution in [0.1, 0.15) is 21.1 Å². The number of amides is 1. The molecule has 6 heteroatoms. The average Bonchev–Trinajstić information content (AvgIpc) is 2.95. The van der Waals surface area contributed by atoms with Crippen molar-refractivity contribution in [2.45, 2.75) is 26.1 Å². The highest BCUT2D eigenvalue weighted by atomic mass is 32.1. The summed E-state index contributed by atoms with van der Waals surface area (Å²) in [5.41, 5.74) is 7.56. The van der Waals surface area contributed by atoms with Crippen molar-refractivity contribution in [3.63, 3.8) is 0 Å². The van der Waals surface area contributed by atoms with Gasteiger partial charge in [-0.1, -0.05) is 30.3 Å². The summed E-state index contributed by atoms with van der Waals surface area (Å²) in [7, 11) is 0. The summed E-state index contributed by atoms with van der Waals surface area (Å²) in [6.45, 7) is 1.94.